The first-order chi connectivity index (χ1) is 14.3. The number of fused-ring (bicyclic) bond motifs is 6. The first kappa shape index (κ1) is 16.1. The molecule has 0 saturated heterocycles. The Morgan fingerprint density at radius 1 is 0.379 bits per heavy atom. The van der Waals surface area contributed by atoms with Gasteiger partial charge < -0.3 is 5.11 Å². The minimum atomic E-state index is 0.313. The van der Waals surface area contributed by atoms with Crippen LogP contribution in [0, 0.1) is 0 Å². The van der Waals surface area contributed by atoms with Gasteiger partial charge in [-0.2, -0.15) is 0 Å². The molecule has 0 heterocycles. The molecule has 0 aliphatic heterocycles. The summed E-state index contributed by atoms with van der Waals surface area (Å²) in [5.41, 5.74) is 1.96. The molecule has 0 atom stereocenters. The minimum absolute atomic E-state index is 0.313. The van der Waals surface area contributed by atoms with Gasteiger partial charge in [0.25, 0.3) is 0 Å². The van der Waals surface area contributed by atoms with E-state index < -0.39 is 0 Å². The predicted molar refractivity (Wildman–Crippen MR) is 124 cm³/mol. The van der Waals surface area contributed by atoms with E-state index in [2.05, 4.69) is 91.0 Å². The number of hydrogen-bond acceptors (Lipinski definition) is 1. The highest BCUT2D eigenvalue weighted by molar-refractivity contribution is 6.18. The van der Waals surface area contributed by atoms with Crippen LogP contribution in [0.15, 0.2) is 103 Å². The Balaban J connectivity index is 1.76. The molecule has 0 aliphatic rings. The van der Waals surface area contributed by atoms with E-state index in [9.17, 15) is 5.11 Å². The molecule has 1 N–H and O–H groups in total. The number of hydrogen-bond donors (Lipinski definition) is 1. The lowest BCUT2D eigenvalue weighted by Crippen LogP contribution is -1.87. The third kappa shape index (κ3) is 2.34. The lowest BCUT2D eigenvalue weighted by molar-refractivity contribution is 0.478. The second kappa shape index (κ2) is 6.08. The van der Waals surface area contributed by atoms with Crippen LogP contribution in [0.2, 0.25) is 0 Å². The maximum atomic E-state index is 10.9. The quantitative estimate of drug-likeness (QED) is 0.294. The molecule has 29 heavy (non-hydrogen) atoms. The summed E-state index contributed by atoms with van der Waals surface area (Å²) in [4.78, 5) is 0. The summed E-state index contributed by atoms with van der Waals surface area (Å²) in [5, 5.41) is 20.4. The average molecular weight is 370 g/mol. The number of rotatable bonds is 1. The molecular weight excluding hydrogens is 352 g/mol. The predicted octanol–water partition coefficient (Wildman–Crippen LogP) is 7.67. The monoisotopic (exact) mass is 370 g/mol. The summed E-state index contributed by atoms with van der Waals surface area (Å²) in [6.07, 6.45) is 0. The summed E-state index contributed by atoms with van der Waals surface area (Å²) in [5.74, 6) is 0.313. The van der Waals surface area contributed by atoms with Crippen molar-refractivity contribution in [2.24, 2.45) is 0 Å². The minimum Gasteiger partial charge on any atom is -0.507 e. The Kier molecular flexibility index (Phi) is 3.39. The van der Waals surface area contributed by atoms with Gasteiger partial charge in [-0.3, -0.25) is 0 Å². The summed E-state index contributed by atoms with van der Waals surface area (Å²) in [6.45, 7) is 0. The van der Waals surface area contributed by atoms with Crippen LogP contribution in [0.4, 0.5) is 0 Å². The fourth-order valence-electron chi connectivity index (χ4n) is 4.62. The van der Waals surface area contributed by atoms with Crippen molar-refractivity contribution in [3.05, 3.63) is 103 Å². The van der Waals surface area contributed by atoms with E-state index in [1.54, 1.807) is 0 Å². The topological polar surface area (TPSA) is 20.2 Å². The molecule has 0 saturated carbocycles. The number of phenolic OH excluding ortho intramolecular Hbond substituents is 1. The first-order valence-electron chi connectivity index (χ1n) is 9.85. The average Bonchev–Trinajstić information content (AvgIpc) is 2.78. The van der Waals surface area contributed by atoms with Gasteiger partial charge in [-0.05, 0) is 54.7 Å². The van der Waals surface area contributed by atoms with E-state index in [0.29, 0.717) is 5.75 Å². The molecule has 136 valence electrons. The zero-order chi connectivity index (χ0) is 19.4. The molecule has 0 bridgehead atoms. The zero-order valence-electron chi connectivity index (χ0n) is 15.8. The van der Waals surface area contributed by atoms with E-state index in [0.717, 1.165) is 27.3 Å². The van der Waals surface area contributed by atoms with Gasteiger partial charge in [0.15, 0.2) is 0 Å². The Hall–Kier alpha value is -3.84. The number of phenols is 1. The van der Waals surface area contributed by atoms with E-state index in [4.69, 9.17) is 0 Å². The van der Waals surface area contributed by atoms with Crippen molar-refractivity contribution in [3.63, 3.8) is 0 Å². The van der Waals surface area contributed by atoms with Crippen LogP contribution in [0.5, 0.6) is 5.75 Å². The van der Waals surface area contributed by atoms with Crippen LogP contribution < -0.4 is 0 Å². The van der Waals surface area contributed by atoms with Gasteiger partial charge in [0, 0.05) is 5.56 Å². The summed E-state index contributed by atoms with van der Waals surface area (Å²) < 4.78 is 0. The van der Waals surface area contributed by atoms with Gasteiger partial charge >= 0.3 is 0 Å². The van der Waals surface area contributed by atoms with Crippen LogP contribution in [0.25, 0.3) is 54.2 Å². The highest BCUT2D eigenvalue weighted by Crippen LogP contribution is 2.42. The molecular formula is C28H18O. The fraction of sp³-hybridized carbons (Fsp3) is 0. The highest BCUT2D eigenvalue weighted by atomic mass is 16.3. The Bertz CT molecular complexity index is 1560. The van der Waals surface area contributed by atoms with Gasteiger partial charge in [0.05, 0.1) is 0 Å². The maximum absolute atomic E-state index is 10.9. The van der Waals surface area contributed by atoms with Crippen molar-refractivity contribution in [3.8, 4) is 16.9 Å². The molecule has 0 aromatic heterocycles. The van der Waals surface area contributed by atoms with Gasteiger partial charge in [-0.15, -0.1) is 0 Å². The van der Waals surface area contributed by atoms with E-state index in [1.807, 2.05) is 12.1 Å². The van der Waals surface area contributed by atoms with Crippen molar-refractivity contribution in [2.75, 3.05) is 0 Å². The van der Waals surface area contributed by atoms with Crippen molar-refractivity contribution in [1.82, 2.24) is 0 Å². The molecule has 0 radical (unpaired) electrons. The third-order valence-corrected chi connectivity index (χ3v) is 5.96. The van der Waals surface area contributed by atoms with Gasteiger partial charge in [-0.1, -0.05) is 97.1 Å². The molecule has 0 aliphatic carbocycles. The number of benzene rings is 6. The highest BCUT2D eigenvalue weighted by Gasteiger charge is 2.14. The smallest absolute Gasteiger partial charge is 0.124 e. The van der Waals surface area contributed by atoms with Crippen LogP contribution in [0.3, 0.4) is 0 Å². The summed E-state index contributed by atoms with van der Waals surface area (Å²) in [6, 6.07) is 35.7. The zero-order valence-corrected chi connectivity index (χ0v) is 15.8. The lowest BCUT2D eigenvalue weighted by Gasteiger charge is -2.14. The standard InChI is InChI=1S/C28H18O/c29-27-17-16-23-21-9-4-2-7-19(21)13-15-26(23)28(27)25-11-5-10-22-20-8-3-1-6-18(20)12-14-24(22)25/h1-17,29H. The molecule has 0 unspecified atom stereocenters. The van der Waals surface area contributed by atoms with Crippen LogP contribution in [-0.2, 0) is 0 Å². The van der Waals surface area contributed by atoms with E-state index in [1.165, 1.54) is 26.9 Å². The molecule has 1 heteroatoms. The molecule has 0 amide bonds. The summed E-state index contributed by atoms with van der Waals surface area (Å²) >= 11 is 0. The van der Waals surface area contributed by atoms with Gasteiger partial charge in [0.1, 0.15) is 5.75 Å². The molecule has 0 spiro atoms. The van der Waals surface area contributed by atoms with Crippen LogP contribution in [-0.4, -0.2) is 5.11 Å². The molecule has 6 rings (SSSR count). The molecule has 6 aromatic rings. The van der Waals surface area contributed by atoms with Crippen LogP contribution in [0.1, 0.15) is 0 Å². The van der Waals surface area contributed by atoms with E-state index in [-0.39, 0.29) is 0 Å². The second-order valence-corrected chi connectivity index (χ2v) is 7.53. The van der Waals surface area contributed by atoms with E-state index >= 15 is 0 Å². The van der Waals surface area contributed by atoms with Crippen molar-refractivity contribution < 1.29 is 5.11 Å². The SMILES string of the molecule is Oc1ccc2c(ccc3ccccc32)c1-c1cccc2c1ccc1ccccc12. The van der Waals surface area contributed by atoms with Crippen molar-refractivity contribution >= 4 is 43.1 Å². The molecule has 1 nitrogen and oxygen atoms in total. The van der Waals surface area contributed by atoms with Crippen molar-refractivity contribution in [1.29, 1.82) is 0 Å². The van der Waals surface area contributed by atoms with Gasteiger partial charge in [0.2, 0.25) is 0 Å². The molecule has 0 fully saturated rings. The molecule has 6 aromatic carbocycles. The van der Waals surface area contributed by atoms with Gasteiger partial charge in [-0.25, -0.2) is 0 Å². The Labute approximate surface area is 168 Å². The first-order valence-corrected chi connectivity index (χ1v) is 9.85. The largest absolute Gasteiger partial charge is 0.507 e. The fourth-order valence-corrected chi connectivity index (χ4v) is 4.62. The van der Waals surface area contributed by atoms with Crippen LogP contribution >= 0.6 is 0 Å². The maximum Gasteiger partial charge on any atom is 0.124 e. The second-order valence-electron chi connectivity index (χ2n) is 7.53. The summed E-state index contributed by atoms with van der Waals surface area (Å²) in [7, 11) is 0. The lowest BCUT2D eigenvalue weighted by atomic mass is 9.90. The Morgan fingerprint density at radius 2 is 0.931 bits per heavy atom. The van der Waals surface area contributed by atoms with Crippen molar-refractivity contribution in [2.45, 2.75) is 0 Å². The number of aromatic hydroxyl groups is 1. The Morgan fingerprint density at radius 3 is 1.66 bits per heavy atom. The third-order valence-electron chi connectivity index (χ3n) is 5.96. The normalized spacial score (nSPS) is 11.6.